The lowest BCUT2D eigenvalue weighted by Crippen LogP contribution is -2.23. The van der Waals surface area contributed by atoms with Gasteiger partial charge in [0, 0.05) is 24.8 Å². The summed E-state index contributed by atoms with van der Waals surface area (Å²) in [5, 5.41) is 5.79. The summed E-state index contributed by atoms with van der Waals surface area (Å²) >= 11 is 0. The number of nitrogens with one attached hydrogen (secondary N) is 2. The first-order chi connectivity index (χ1) is 9.69. The second-order valence-corrected chi connectivity index (χ2v) is 4.27. The van der Waals surface area contributed by atoms with Gasteiger partial charge in [-0.15, -0.1) is 0 Å². The maximum atomic E-state index is 13.0. The Hall–Kier alpha value is -2.43. The van der Waals surface area contributed by atoms with E-state index in [4.69, 9.17) is 0 Å². The van der Waals surface area contributed by atoms with Gasteiger partial charge in [0.15, 0.2) is 0 Å². The SMILES string of the molecule is CCNc1cc(C(=O)NCc2cccc(F)c2)ccn1. The molecule has 0 saturated carbocycles. The van der Waals surface area contributed by atoms with Crippen LogP contribution in [0.3, 0.4) is 0 Å². The Balaban J connectivity index is 1.99. The van der Waals surface area contributed by atoms with Crippen molar-refractivity contribution in [1.82, 2.24) is 10.3 Å². The van der Waals surface area contributed by atoms with Gasteiger partial charge in [0.1, 0.15) is 11.6 Å². The van der Waals surface area contributed by atoms with Gasteiger partial charge in [-0.3, -0.25) is 4.79 Å². The van der Waals surface area contributed by atoms with Crippen molar-refractivity contribution in [3.8, 4) is 0 Å². The maximum absolute atomic E-state index is 13.0. The lowest BCUT2D eigenvalue weighted by atomic mass is 10.2. The Labute approximate surface area is 117 Å². The summed E-state index contributed by atoms with van der Waals surface area (Å²) in [7, 11) is 0. The monoisotopic (exact) mass is 273 g/mol. The Morgan fingerprint density at radius 3 is 2.90 bits per heavy atom. The number of carbonyl (C=O) groups excluding carboxylic acids is 1. The third kappa shape index (κ3) is 3.78. The fraction of sp³-hybridized carbons (Fsp3) is 0.200. The minimum absolute atomic E-state index is 0.212. The first-order valence-corrected chi connectivity index (χ1v) is 6.41. The molecule has 0 fully saturated rings. The van der Waals surface area contributed by atoms with Crippen molar-refractivity contribution in [3.63, 3.8) is 0 Å². The molecule has 0 aliphatic rings. The first-order valence-electron chi connectivity index (χ1n) is 6.41. The molecular weight excluding hydrogens is 257 g/mol. The highest BCUT2D eigenvalue weighted by molar-refractivity contribution is 5.94. The number of nitrogens with zero attached hydrogens (tertiary/aromatic N) is 1. The fourth-order valence-corrected chi connectivity index (χ4v) is 1.78. The van der Waals surface area contributed by atoms with E-state index in [0.29, 0.717) is 11.4 Å². The van der Waals surface area contributed by atoms with Crippen LogP contribution in [0.1, 0.15) is 22.8 Å². The van der Waals surface area contributed by atoms with E-state index in [1.807, 2.05) is 6.92 Å². The van der Waals surface area contributed by atoms with Crippen LogP contribution in [-0.4, -0.2) is 17.4 Å². The second kappa shape index (κ2) is 6.65. The molecule has 0 saturated heterocycles. The summed E-state index contributed by atoms with van der Waals surface area (Å²) in [5.74, 6) is 0.136. The van der Waals surface area contributed by atoms with Crippen LogP contribution in [0.4, 0.5) is 10.2 Å². The summed E-state index contributed by atoms with van der Waals surface area (Å²) in [5.41, 5.74) is 1.24. The Bertz CT molecular complexity index is 601. The number of pyridine rings is 1. The van der Waals surface area contributed by atoms with Crippen LogP contribution in [0.15, 0.2) is 42.6 Å². The minimum Gasteiger partial charge on any atom is -0.370 e. The van der Waals surface area contributed by atoms with Gasteiger partial charge in [0.25, 0.3) is 5.91 Å². The van der Waals surface area contributed by atoms with Gasteiger partial charge >= 0.3 is 0 Å². The lowest BCUT2D eigenvalue weighted by molar-refractivity contribution is 0.0951. The molecule has 5 heteroatoms. The Kier molecular flexibility index (Phi) is 4.65. The highest BCUT2D eigenvalue weighted by Crippen LogP contribution is 2.07. The minimum atomic E-state index is -0.310. The van der Waals surface area contributed by atoms with E-state index in [-0.39, 0.29) is 18.3 Å². The fourth-order valence-electron chi connectivity index (χ4n) is 1.78. The zero-order chi connectivity index (χ0) is 14.4. The highest BCUT2D eigenvalue weighted by atomic mass is 19.1. The normalized spacial score (nSPS) is 10.1. The molecule has 2 N–H and O–H groups in total. The van der Waals surface area contributed by atoms with E-state index in [2.05, 4.69) is 15.6 Å². The summed E-state index contributed by atoms with van der Waals surface area (Å²) in [4.78, 5) is 16.1. The molecule has 0 unspecified atom stereocenters. The standard InChI is InChI=1S/C15H16FN3O/c1-2-17-14-9-12(6-7-18-14)15(20)19-10-11-4-3-5-13(16)8-11/h3-9H,2,10H2,1H3,(H,17,18)(H,19,20). The van der Waals surface area contributed by atoms with Crippen molar-refractivity contribution >= 4 is 11.7 Å². The molecule has 2 aromatic rings. The molecule has 0 aliphatic carbocycles. The molecule has 1 aromatic heterocycles. The number of hydrogen-bond donors (Lipinski definition) is 2. The summed E-state index contributed by atoms with van der Waals surface area (Å²) in [6, 6.07) is 9.48. The van der Waals surface area contributed by atoms with Crippen molar-refractivity contribution in [3.05, 3.63) is 59.5 Å². The number of anilines is 1. The predicted octanol–water partition coefficient (Wildman–Crippen LogP) is 2.58. The molecular formula is C15H16FN3O. The molecule has 1 heterocycles. The number of halogens is 1. The van der Waals surface area contributed by atoms with Crippen molar-refractivity contribution in [2.75, 3.05) is 11.9 Å². The smallest absolute Gasteiger partial charge is 0.251 e. The molecule has 0 aliphatic heterocycles. The van der Waals surface area contributed by atoms with E-state index in [0.717, 1.165) is 12.1 Å². The molecule has 2 rings (SSSR count). The number of benzene rings is 1. The van der Waals surface area contributed by atoms with Crippen LogP contribution < -0.4 is 10.6 Å². The van der Waals surface area contributed by atoms with Gasteiger partial charge in [0.05, 0.1) is 0 Å². The van der Waals surface area contributed by atoms with Gasteiger partial charge in [-0.05, 0) is 36.8 Å². The predicted molar refractivity (Wildman–Crippen MR) is 76.0 cm³/mol. The topological polar surface area (TPSA) is 54.0 Å². The third-order valence-corrected chi connectivity index (χ3v) is 2.72. The molecule has 0 atom stereocenters. The number of amides is 1. The van der Waals surface area contributed by atoms with Gasteiger partial charge in [0.2, 0.25) is 0 Å². The van der Waals surface area contributed by atoms with E-state index >= 15 is 0 Å². The van der Waals surface area contributed by atoms with Crippen molar-refractivity contribution < 1.29 is 9.18 Å². The summed E-state index contributed by atoms with van der Waals surface area (Å²) < 4.78 is 13.0. The van der Waals surface area contributed by atoms with Crippen LogP contribution >= 0.6 is 0 Å². The summed E-state index contributed by atoms with van der Waals surface area (Å²) in [6.07, 6.45) is 1.58. The second-order valence-electron chi connectivity index (χ2n) is 4.27. The molecule has 4 nitrogen and oxygen atoms in total. The summed E-state index contributed by atoms with van der Waals surface area (Å²) in [6.45, 7) is 2.98. The van der Waals surface area contributed by atoms with Crippen molar-refractivity contribution in [2.24, 2.45) is 0 Å². The molecule has 20 heavy (non-hydrogen) atoms. The quantitative estimate of drug-likeness (QED) is 0.880. The van der Waals surface area contributed by atoms with E-state index < -0.39 is 0 Å². The number of aromatic nitrogens is 1. The number of hydrogen-bond acceptors (Lipinski definition) is 3. The lowest BCUT2D eigenvalue weighted by Gasteiger charge is -2.07. The number of carbonyl (C=O) groups is 1. The Morgan fingerprint density at radius 2 is 2.15 bits per heavy atom. The number of rotatable bonds is 5. The molecule has 1 amide bonds. The highest BCUT2D eigenvalue weighted by Gasteiger charge is 2.06. The molecule has 0 bridgehead atoms. The van der Waals surface area contributed by atoms with E-state index in [9.17, 15) is 9.18 Å². The first kappa shape index (κ1) is 14.0. The Morgan fingerprint density at radius 1 is 1.30 bits per heavy atom. The van der Waals surface area contributed by atoms with Crippen LogP contribution in [0.5, 0.6) is 0 Å². The van der Waals surface area contributed by atoms with Crippen LogP contribution in [-0.2, 0) is 6.54 Å². The maximum Gasteiger partial charge on any atom is 0.251 e. The van der Waals surface area contributed by atoms with Gasteiger partial charge in [-0.2, -0.15) is 0 Å². The van der Waals surface area contributed by atoms with Crippen LogP contribution in [0.2, 0.25) is 0 Å². The van der Waals surface area contributed by atoms with Gasteiger partial charge < -0.3 is 10.6 Å². The zero-order valence-electron chi connectivity index (χ0n) is 11.2. The van der Waals surface area contributed by atoms with Gasteiger partial charge in [-0.25, -0.2) is 9.37 Å². The van der Waals surface area contributed by atoms with Gasteiger partial charge in [-0.1, -0.05) is 12.1 Å². The average Bonchev–Trinajstić information content (AvgIpc) is 2.45. The van der Waals surface area contributed by atoms with Crippen molar-refractivity contribution in [1.29, 1.82) is 0 Å². The molecule has 104 valence electrons. The van der Waals surface area contributed by atoms with Crippen molar-refractivity contribution in [2.45, 2.75) is 13.5 Å². The largest absolute Gasteiger partial charge is 0.370 e. The molecule has 0 spiro atoms. The third-order valence-electron chi connectivity index (χ3n) is 2.72. The van der Waals surface area contributed by atoms with Crippen LogP contribution in [0, 0.1) is 5.82 Å². The molecule has 0 radical (unpaired) electrons. The molecule has 1 aromatic carbocycles. The average molecular weight is 273 g/mol. The van der Waals surface area contributed by atoms with E-state index in [1.54, 1.807) is 30.5 Å². The zero-order valence-corrected chi connectivity index (χ0v) is 11.2. The van der Waals surface area contributed by atoms with Crippen LogP contribution in [0.25, 0.3) is 0 Å². The van der Waals surface area contributed by atoms with E-state index in [1.165, 1.54) is 12.1 Å².